The fourth-order valence-corrected chi connectivity index (χ4v) is 0.825. The Labute approximate surface area is 80.3 Å². The van der Waals surface area contributed by atoms with Crippen molar-refractivity contribution < 1.29 is 4.79 Å². The van der Waals surface area contributed by atoms with Crippen molar-refractivity contribution in [1.29, 1.82) is 0 Å². The zero-order chi connectivity index (χ0) is 10.3. The molecule has 0 aromatic rings. The van der Waals surface area contributed by atoms with Crippen molar-refractivity contribution in [3.8, 4) is 12.3 Å². The van der Waals surface area contributed by atoms with Crippen LogP contribution in [0.2, 0.25) is 0 Å². The summed E-state index contributed by atoms with van der Waals surface area (Å²) in [6.45, 7) is 7.01. The summed E-state index contributed by atoms with van der Waals surface area (Å²) in [7, 11) is 0. The summed E-state index contributed by atoms with van der Waals surface area (Å²) in [5, 5.41) is 5.82. The molecule has 0 spiro atoms. The average Bonchev–Trinajstić information content (AvgIpc) is 2.05. The van der Waals surface area contributed by atoms with Crippen LogP contribution in [0.5, 0.6) is 0 Å². The molecule has 1 amide bonds. The second kappa shape index (κ2) is 5.60. The highest BCUT2D eigenvalue weighted by molar-refractivity contribution is 5.75. The molecule has 3 heteroatoms. The van der Waals surface area contributed by atoms with Gasteiger partial charge in [-0.3, -0.25) is 4.79 Å². The maximum absolute atomic E-state index is 11.0. The average molecular weight is 182 g/mol. The van der Waals surface area contributed by atoms with Crippen molar-refractivity contribution in [2.45, 2.75) is 32.7 Å². The van der Waals surface area contributed by atoms with E-state index in [1.807, 2.05) is 20.8 Å². The highest BCUT2D eigenvalue weighted by Crippen LogP contribution is 1.97. The lowest BCUT2D eigenvalue weighted by Crippen LogP contribution is -2.39. The molecule has 0 radical (unpaired) electrons. The van der Waals surface area contributed by atoms with E-state index in [1.165, 1.54) is 0 Å². The van der Waals surface area contributed by atoms with Crippen LogP contribution in [0, 0.1) is 12.3 Å². The molecule has 0 heterocycles. The Morgan fingerprint density at radius 2 is 2.15 bits per heavy atom. The first-order valence-electron chi connectivity index (χ1n) is 4.51. The standard InChI is InChI=1S/C10H18N2O/c1-5-10(3,4)12-8-7-9(13)11-6-2/h1,12H,6-8H2,2-4H3,(H,11,13). The summed E-state index contributed by atoms with van der Waals surface area (Å²) in [5.41, 5.74) is -0.327. The fraction of sp³-hybridized carbons (Fsp3) is 0.700. The van der Waals surface area contributed by atoms with E-state index in [9.17, 15) is 4.79 Å². The number of terminal acetylenes is 1. The van der Waals surface area contributed by atoms with Gasteiger partial charge in [-0.1, -0.05) is 5.92 Å². The maximum Gasteiger partial charge on any atom is 0.221 e. The third-order valence-corrected chi connectivity index (χ3v) is 1.65. The van der Waals surface area contributed by atoms with Gasteiger partial charge in [0.15, 0.2) is 0 Å². The lowest BCUT2D eigenvalue weighted by molar-refractivity contribution is -0.120. The van der Waals surface area contributed by atoms with Crippen LogP contribution < -0.4 is 10.6 Å². The molecule has 0 rings (SSSR count). The number of amides is 1. The van der Waals surface area contributed by atoms with E-state index >= 15 is 0 Å². The molecule has 0 bridgehead atoms. The van der Waals surface area contributed by atoms with E-state index in [1.54, 1.807) is 0 Å². The van der Waals surface area contributed by atoms with Crippen molar-refractivity contribution in [2.24, 2.45) is 0 Å². The lowest BCUT2D eigenvalue weighted by Gasteiger charge is -2.19. The van der Waals surface area contributed by atoms with Crippen molar-refractivity contribution in [1.82, 2.24) is 10.6 Å². The normalized spacial score (nSPS) is 10.6. The SMILES string of the molecule is C#CC(C)(C)NCCC(=O)NCC. The Balaban J connectivity index is 3.57. The van der Waals surface area contributed by atoms with Gasteiger partial charge >= 0.3 is 0 Å². The van der Waals surface area contributed by atoms with Gasteiger partial charge in [0.05, 0.1) is 5.54 Å². The van der Waals surface area contributed by atoms with Gasteiger partial charge in [-0.25, -0.2) is 0 Å². The molecule has 0 aromatic heterocycles. The Bertz CT molecular complexity index is 203. The molecule has 0 fully saturated rings. The van der Waals surface area contributed by atoms with Crippen molar-refractivity contribution in [3.63, 3.8) is 0 Å². The van der Waals surface area contributed by atoms with E-state index < -0.39 is 0 Å². The summed E-state index contributed by atoms with van der Waals surface area (Å²) in [6, 6.07) is 0. The molecular formula is C10H18N2O. The molecule has 0 aliphatic carbocycles. The predicted octanol–water partition coefficient (Wildman–Crippen LogP) is 0.514. The zero-order valence-electron chi connectivity index (χ0n) is 8.61. The van der Waals surface area contributed by atoms with Crippen molar-refractivity contribution in [2.75, 3.05) is 13.1 Å². The quantitative estimate of drug-likeness (QED) is 0.608. The summed E-state index contributed by atoms with van der Waals surface area (Å²) in [4.78, 5) is 11.0. The van der Waals surface area contributed by atoms with Crippen LogP contribution in [-0.4, -0.2) is 24.5 Å². The lowest BCUT2D eigenvalue weighted by atomic mass is 10.1. The Morgan fingerprint density at radius 3 is 2.62 bits per heavy atom. The van der Waals surface area contributed by atoms with E-state index in [4.69, 9.17) is 6.42 Å². The minimum atomic E-state index is -0.327. The number of rotatable bonds is 5. The van der Waals surface area contributed by atoms with Crippen LogP contribution in [0.3, 0.4) is 0 Å². The number of hydrogen-bond donors (Lipinski definition) is 2. The molecular weight excluding hydrogens is 164 g/mol. The van der Waals surface area contributed by atoms with Gasteiger partial charge in [0.25, 0.3) is 0 Å². The topological polar surface area (TPSA) is 41.1 Å². The van der Waals surface area contributed by atoms with Crippen LogP contribution in [-0.2, 0) is 4.79 Å². The van der Waals surface area contributed by atoms with E-state index in [-0.39, 0.29) is 11.4 Å². The number of carbonyl (C=O) groups excluding carboxylic acids is 1. The summed E-state index contributed by atoms with van der Waals surface area (Å²) >= 11 is 0. The number of nitrogens with one attached hydrogen (secondary N) is 2. The van der Waals surface area contributed by atoms with Gasteiger partial charge in [0, 0.05) is 19.5 Å². The maximum atomic E-state index is 11.0. The number of hydrogen-bond acceptors (Lipinski definition) is 2. The van der Waals surface area contributed by atoms with Gasteiger partial charge in [-0.05, 0) is 20.8 Å². The monoisotopic (exact) mass is 182 g/mol. The van der Waals surface area contributed by atoms with Crippen molar-refractivity contribution >= 4 is 5.91 Å². The molecule has 0 aliphatic heterocycles. The molecule has 0 aliphatic rings. The predicted molar refractivity (Wildman–Crippen MR) is 54.2 cm³/mol. The highest BCUT2D eigenvalue weighted by atomic mass is 16.1. The van der Waals surface area contributed by atoms with Gasteiger partial charge in [-0.2, -0.15) is 0 Å². The molecule has 3 nitrogen and oxygen atoms in total. The minimum Gasteiger partial charge on any atom is -0.356 e. The summed E-state index contributed by atoms with van der Waals surface area (Å²) in [5.74, 6) is 2.66. The third-order valence-electron chi connectivity index (χ3n) is 1.65. The van der Waals surface area contributed by atoms with Crippen LogP contribution in [0.4, 0.5) is 0 Å². The van der Waals surface area contributed by atoms with E-state index in [2.05, 4.69) is 16.6 Å². The molecule has 0 atom stereocenters. The van der Waals surface area contributed by atoms with Crippen LogP contribution in [0.15, 0.2) is 0 Å². The van der Waals surface area contributed by atoms with Crippen LogP contribution in [0.25, 0.3) is 0 Å². The van der Waals surface area contributed by atoms with E-state index in [0.29, 0.717) is 19.5 Å². The zero-order valence-corrected chi connectivity index (χ0v) is 8.61. The Hall–Kier alpha value is -1.01. The van der Waals surface area contributed by atoms with Gasteiger partial charge in [0.1, 0.15) is 0 Å². The molecule has 13 heavy (non-hydrogen) atoms. The molecule has 0 unspecified atom stereocenters. The first-order chi connectivity index (χ1) is 6.02. The van der Waals surface area contributed by atoms with Gasteiger partial charge in [-0.15, -0.1) is 6.42 Å². The van der Waals surface area contributed by atoms with Gasteiger partial charge in [0.2, 0.25) is 5.91 Å². The Kier molecular flexibility index (Phi) is 5.17. The van der Waals surface area contributed by atoms with Crippen molar-refractivity contribution in [3.05, 3.63) is 0 Å². The second-order valence-corrected chi connectivity index (χ2v) is 3.40. The van der Waals surface area contributed by atoms with Crippen LogP contribution in [0.1, 0.15) is 27.2 Å². The summed E-state index contributed by atoms with van der Waals surface area (Å²) < 4.78 is 0. The molecule has 0 saturated carbocycles. The Morgan fingerprint density at radius 1 is 1.54 bits per heavy atom. The minimum absolute atomic E-state index is 0.0582. The second-order valence-electron chi connectivity index (χ2n) is 3.40. The largest absolute Gasteiger partial charge is 0.356 e. The summed E-state index contributed by atoms with van der Waals surface area (Å²) in [6.07, 6.45) is 5.74. The van der Waals surface area contributed by atoms with E-state index in [0.717, 1.165) is 0 Å². The molecule has 2 N–H and O–H groups in total. The molecule has 0 saturated heterocycles. The molecule has 74 valence electrons. The fourth-order valence-electron chi connectivity index (χ4n) is 0.825. The molecule has 0 aromatic carbocycles. The smallest absolute Gasteiger partial charge is 0.221 e. The first-order valence-corrected chi connectivity index (χ1v) is 4.51. The first kappa shape index (κ1) is 12.0. The van der Waals surface area contributed by atoms with Gasteiger partial charge < -0.3 is 10.6 Å². The third kappa shape index (κ3) is 6.18. The van der Waals surface area contributed by atoms with Crippen LogP contribution >= 0.6 is 0 Å². The number of carbonyl (C=O) groups is 1. The highest BCUT2D eigenvalue weighted by Gasteiger charge is 2.12.